The lowest BCUT2D eigenvalue weighted by molar-refractivity contribution is -0.137. The summed E-state index contributed by atoms with van der Waals surface area (Å²) in [5.74, 6) is 0.560. The highest BCUT2D eigenvalue weighted by molar-refractivity contribution is 6.00. The van der Waals surface area contributed by atoms with Crippen molar-refractivity contribution in [3.8, 4) is 5.75 Å². The van der Waals surface area contributed by atoms with Crippen molar-refractivity contribution < 1.29 is 14.3 Å². The molecule has 20 heavy (non-hydrogen) atoms. The third kappa shape index (κ3) is 2.41. The minimum Gasteiger partial charge on any atom is -0.497 e. The standard InChI is InChI=1S/C15H18N2O3/c1-20-12-3-2-11-9-17(7-6-10(11)8-12)13-4-5-14(18)16-15(13)19/h2-3,8,13H,4-7,9H2,1H3,(H,16,18,19). The number of carbonyl (C=O) groups excluding carboxylic acids is 2. The van der Waals surface area contributed by atoms with Gasteiger partial charge < -0.3 is 4.74 Å². The van der Waals surface area contributed by atoms with Crippen LogP contribution in [-0.4, -0.2) is 36.4 Å². The minimum atomic E-state index is -0.178. The van der Waals surface area contributed by atoms with E-state index in [1.54, 1.807) is 7.11 Å². The van der Waals surface area contributed by atoms with E-state index in [2.05, 4.69) is 22.3 Å². The molecule has 1 unspecified atom stereocenters. The zero-order valence-corrected chi connectivity index (χ0v) is 11.5. The maximum Gasteiger partial charge on any atom is 0.243 e. The normalized spacial score (nSPS) is 23.1. The van der Waals surface area contributed by atoms with E-state index in [9.17, 15) is 9.59 Å². The quantitative estimate of drug-likeness (QED) is 0.813. The van der Waals surface area contributed by atoms with Crippen LogP contribution in [0.2, 0.25) is 0 Å². The molecule has 1 aromatic carbocycles. The average Bonchev–Trinajstić information content (AvgIpc) is 2.46. The van der Waals surface area contributed by atoms with Gasteiger partial charge >= 0.3 is 0 Å². The molecule has 106 valence electrons. The summed E-state index contributed by atoms with van der Waals surface area (Å²) in [7, 11) is 1.67. The van der Waals surface area contributed by atoms with Crippen molar-refractivity contribution in [1.29, 1.82) is 0 Å². The summed E-state index contributed by atoms with van der Waals surface area (Å²) in [5, 5.41) is 2.43. The maximum atomic E-state index is 11.9. The Morgan fingerprint density at radius 1 is 1.25 bits per heavy atom. The van der Waals surface area contributed by atoms with Crippen LogP contribution in [0.3, 0.4) is 0 Å². The number of nitrogens with one attached hydrogen (secondary N) is 1. The topological polar surface area (TPSA) is 58.6 Å². The Morgan fingerprint density at radius 3 is 2.85 bits per heavy atom. The van der Waals surface area contributed by atoms with E-state index >= 15 is 0 Å². The molecule has 0 radical (unpaired) electrons. The molecule has 2 aliphatic heterocycles. The summed E-state index contributed by atoms with van der Waals surface area (Å²) in [6.45, 7) is 1.60. The number of rotatable bonds is 2. The van der Waals surface area contributed by atoms with Gasteiger partial charge in [-0.2, -0.15) is 0 Å². The van der Waals surface area contributed by atoms with Crippen LogP contribution in [0.4, 0.5) is 0 Å². The Morgan fingerprint density at radius 2 is 2.10 bits per heavy atom. The Kier molecular flexibility index (Phi) is 3.44. The number of amides is 2. The van der Waals surface area contributed by atoms with Crippen LogP contribution >= 0.6 is 0 Å². The maximum absolute atomic E-state index is 11.9. The molecule has 0 aromatic heterocycles. The lowest BCUT2D eigenvalue weighted by atomic mass is 9.95. The number of fused-ring (bicyclic) bond motifs is 1. The summed E-state index contributed by atoms with van der Waals surface area (Å²) in [6, 6.07) is 5.90. The van der Waals surface area contributed by atoms with E-state index in [0.29, 0.717) is 12.8 Å². The molecule has 2 aliphatic rings. The molecular formula is C15H18N2O3. The van der Waals surface area contributed by atoms with Crippen LogP contribution in [0.5, 0.6) is 5.75 Å². The van der Waals surface area contributed by atoms with Crippen LogP contribution < -0.4 is 10.1 Å². The molecule has 1 saturated heterocycles. The predicted molar refractivity (Wildman–Crippen MR) is 73.3 cm³/mol. The van der Waals surface area contributed by atoms with E-state index in [4.69, 9.17) is 4.74 Å². The average molecular weight is 274 g/mol. The first-order valence-electron chi connectivity index (χ1n) is 6.91. The first-order valence-corrected chi connectivity index (χ1v) is 6.91. The molecule has 0 aliphatic carbocycles. The number of ether oxygens (including phenoxy) is 1. The Balaban J connectivity index is 1.75. The monoisotopic (exact) mass is 274 g/mol. The van der Waals surface area contributed by atoms with E-state index in [0.717, 1.165) is 25.3 Å². The molecule has 5 nitrogen and oxygen atoms in total. The zero-order valence-electron chi connectivity index (χ0n) is 11.5. The smallest absolute Gasteiger partial charge is 0.243 e. The number of methoxy groups -OCH3 is 1. The third-order valence-corrected chi connectivity index (χ3v) is 4.11. The second-order valence-corrected chi connectivity index (χ2v) is 5.32. The largest absolute Gasteiger partial charge is 0.497 e. The molecular weight excluding hydrogens is 256 g/mol. The van der Waals surface area contributed by atoms with Crippen molar-refractivity contribution >= 4 is 11.8 Å². The lowest BCUT2D eigenvalue weighted by Crippen LogP contribution is -2.53. The van der Waals surface area contributed by atoms with Gasteiger partial charge in [-0.25, -0.2) is 0 Å². The van der Waals surface area contributed by atoms with Gasteiger partial charge in [0.1, 0.15) is 5.75 Å². The van der Waals surface area contributed by atoms with Gasteiger partial charge in [0.25, 0.3) is 0 Å². The van der Waals surface area contributed by atoms with Crippen LogP contribution in [0.1, 0.15) is 24.0 Å². The second kappa shape index (κ2) is 5.25. The highest BCUT2D eigenvalue weighted by Crippen LogP contribution is 2.26. The summed E-state index contributed by atoms with van der Waals surface area (Å²) in [5.41, 5.74) is 2.52. The molecule has 5 heteroatoms. The van der Waals surface area contributed by atoms with E-state index in [-0.39, 0.29) is 17.9 Å². The van der Waals surface area contributed by atoms with Gasteiger partial charge in [-0.15, -0.1) is 0 Å². The number of piperidine rings is 1. The van der Waals surface area contributed by atoms with Crippen molar-refractivity contribution in [2.24, 2.45) is 0 Å². The zero-order chi connectivity index (χ0) is 14.1. The molecule has 1 aromatic rings. The molecule has 1 N–H and O–H groups in total. The van der Waals surface area contributed by atoms with Crippen molar-refractivity contribution in [3.63, 3.8) is 0 Å². The first-order chi connectivity index (χ1) is 9.67. The Hall–Kier alpha value is -1.88. The summed E-state index contributed by atoms with van der Waals surface area (Å²) in [4.78, 5) is 25.3. The molecule has 1 fully saturated rings. The number of nitrogens with zero attached hydrogens (tertiary/aromatic N) is 1. The molecule has 1 atom stereocenters. The summed E-state index contributed by atoms with van der Waals surface area (Å²) < 4.78 is 5.24. The number of hydrogen-bond acceptors (Lipinski definition) is 4. The van der Waals surface area contributed by atoms with Crippen molar-refractivity contribution in [2.75, 3.05) is 13.7 Å². The molecule has 3 rings (SSSR count). The lowest BCUT2D eigenvalue weighted by Gasteiger charge is -2.36. The first kappa shape index (κ1) is 13.1. The third-order valence-electron chi connectivity index (χ3n) is 4.11. The summed E-state index contributed by atoms with van der Waals surface area (Å²) >= 11 is 0. The van der Waals surface area contributed by atoms with Gasteiger partial charge in [0, 0.05) is 19.5 Å². The van der Waals surface area contributed by atoms with Gasteiger partial charge in [0.05, 0.1) is 13.2 Å². The Labute approximate surface area is 117 Å². The number of hydrogen-bond donors (Lipinski definition) is 1. The van der Waals surface area contributed by atoms with E-state index < -0.39 is 0 Å². The number of imide groups is 1. The molecule has 0 bridgehead atoms. The SMILES string of the molecule is COc1ccc2c(c1)CCN(C1CCC(=O)NC1=O)C2. The van der Waals surface area contributed by atoms with Gasteiger partial charge in [-0.05, 0) is 36.1 Å². The second-order valence-electron chi connectivity index (χ2n) is 5.32. The molecule has 2 amide bonds. The van der Waals surface area contributed by atoms with Crippen molar-refractivity contribution in [3.05, 3.63) is 29.3 Å². The van der Waals surface area contributed by atoms with Crippen LogP contribution in [0.15, 0.2) is 18.2 Å². The Bertz CT molecular complexity index is 556. The van der Waals surface area contributed by atoms with Crippen LogP contribution in [0, 0.1) is 0 Å². The fourth-order valence-electron chi connectivity index (χ4n) is 2.97. The molecule has 0 spiro atoms. The molecule has 0 saturated carbocycles. The fraction of sp³-hybridized carbons (Fsp3) is 0.467. The highest BCUT2D eigenvalue weighted by atomic mass is 16.5. The van der Waals surface area contributed by atoms with Gasteiger partial charge in [-0.1, -0.05) is 6.07 Å². The van der Waals surface area contributed by atoms with Gasteiger partial charge in [-0.3, -0.25) is 19.8 Å². The van der Waals surface area contributed by atoms with E-state index in [1.165, 1.54) is 11.1 Å². The highest BCUT2D eigenvalue weighted by Gasteiger charge is 2.33. The fourth-order valence-corrected chi connectivity index (χ4v) is 2.97. The molecule has 2 heterocycles. The van der Waals surface area contributed by atoms with Crippen LogP contribution in [0.25, 0.3) is 0 Å². The predicted octanol–water partition coefficient (Wildman–Crippen LogP) is 0.858. The number of benzene rings is 1. The van der Waals surface area contributed by atoms with Gasteiger partial charge in [0.2, 0.25) is 11.8 Å². The van der Waals surface area contributed by atoms with E-state index in [1.807, 2.05) is 6.07 Å². The van der Waals surface area contributed by atoms with Gasteiger partial charge in [0.15, 0.2) is 0 Å². The van der Waals surface area contributed by atoms with Crippen LogP contribution in [-0.2, 0) is 22.6 Å². The minimum absolute atomic E-state index is 0.154. The number of carbonyl (C=O) groups is 2. The van der Waals surface area contributed by atoms with Crippen molar-refractivity contribution in [2.45, 2.75) is 31.8 Å². The summed E-state index contributed by atoms with van der Waals surface area (Å²) in [6.07, 6.45) is 1.96. The van der Waals surface area contributed by atoms with Crippen molar-refractivity contribution in [1.82, 2.24) is 10.2 Å².